The van der Waals surface area contributed by atoms with Crippen molar-refractivity contribution in [2.75, 3.05) is 52.2 Å². The number of aliphatic hydroxyl groups excluding tert-OH is 1. The first-order valence-electron chi connectivity index (χ1n) is 14.4. The van der Waals surface area contributed by atoms with Gasteiger partial charge < -0.3 is 34.5 Å². The molecule has 1 aromatic carbocycles. The Morgan fingerprint density at radius 3 is 2.88 bits per heavy atom. The van der Waals surface area contributed by atoms with E-state index in [2.05, 4.69) is 25.5 Å². The third kappa shape index (κ3) is 8.13. The number of pyridine rings is 1. The fraction of sp³-hybridized carbons (Fsp3) is 0.500. The van der Waals surface area contributed by atoms with Crippen LogP contribution in [0, 0.1) is 0 Å². The molecule has 226 valence electrons. The van der Waals surface area contributed by atoms with Crippen LogP contribution in [0.5, 0.6) is 11.6 Å². The summed E-state index contributed by atoms with van der Waals surface area (Å²) in [7, 11) is 3.95. The molecular weight excluding hydrogens is 560 g/mol. The minimum atomic E-state index is -0.735. The van der Waals surface area contributed by atoms with Gasteiger partial charge in [0, 0.05) is 50.4 Å². The number of likely N-dealkylation sites (N-methyl/N-ethyl adjacent to an activating group) is 1. The predicted molar refractivity (Wildman–Crippen MR) is 159 cm³/mol. The Bertz CT molecular complexity index is 1330. The third-order valence-corrected chi connectivity index (χ3v) is 7.92. The maximum Gasteiger partial charge on any atom is 0.251 e. The molecule has 1 amide bonds. The van der Waals surface area contributed by atoms with Gasteiger partial charge in [-0.05, 0) is 63.0 Å². The quantitative estimate of drug-likeness (QED) is 0.254. The van der Waals surface area contributed by atoms with Gasteiger partial charge in [-0.2, -0.15) is 4.98 Å². The van der Waals surface area contributed by atoms with E-state index < -0.39 is 6.10 Å². The number of oxazole rings is 1. The number of ether oxygens (including phenoxy) is 2. The number of carbonyl (C=O) groups excluding carboxylic acids is 1. The summed E-state index contributed by atoms with van der Waals surface area (Å²) >= 11 is 6.66. The first-order valence-corrected chi connectivity index (χ1v) is 14.8. The number of fused-ring (bicyclic) bond motifs is 1. The summed E-state index contributed by atoms with van der Waals surface area (Å²) in [6, 6.07) is 7.63. The fourth-order valence-electron chi connectivity index (χ4n) is 4.93. The van der Waals surface area contributed by atoms with Gasteiger partial charge in [-0.3, -0.25) is 9.69 Å². The largest absolute Gasteiger partial charge is 0.484 e. The number of anilines is 1. The summed E-state index contributed by atoms with van der Waals surface area (Å²) in [5.74, 6) is 1.99. The second-order valence-corrected chi connectivity index (χ2v) is 11.5. The van der Waals surface area contributed by atoms with Gasteiger partial charge in [0.2, 0.25) is 5.88 Å². The smallest absolute Gasteiger partial charge is 0.251 e. The number of hydrogen-bond acceptors (Lipinski definition) is 10. The van der Waals surface area contributed by atoms with Crippen molar-refractivity contribution in [3.8, 4) is 11.6 Å². The second kappa shape index (κ2) is 14.2. The number of rotatable bonds is 14. The molecule has 1 saturated carbocycles. The predicted octanol–water partition coefficient (Wildman–Crippen LogP) is 3.36. The van der Waals surface area contributed by atoms with E-state index in [9.17, 15) is 9.90 Å². The van der Waals surface area contributed by atoms with E-state index in [1.165, 1.54) is 12.8 Å². The Kier molecular flexibility index (Phi) is 10.2. The van der Waals surface area contributed by atoms with Crippen molar-refractivity contribution in [1.29, 1.82) is 0 Å². The SMILES string of the molecule is CN(C)CCOc1cc(C(=O)NC[C@H](O)CN2CCc3c(ccc(OCc4cnco4)c3Cl)C2)cc(NC2CCC2)n1. The number of amides is 1. The molecule has 0 unspecified atom stereocenters. The molecule has 1 atom stereocenters. The Labute approximate surface area is 251 Å². The van der Waals surface area contributed by atoms with Crippen LogP contribution < -0.4 is 20.1 Å². The molecule has 1 aliphatic heterocycles. The van der Waals surface area contributed by atoms with Crippen molar-refractivity contribution in [3.63, 3.8) is 0 Å². The second-order valence-electron chi connectivity index (χ2n) is 11.1. The lowest BCUT2D eigenvalue weighted by atomic mass is 9.93. The summed E-state index contributed by atoms with van der Waals surface area (Å²) in [4.78, 5) is 25.7. The molecule has 3 N–H and O–H groups in total. The highest BCUT2D eigenvalue weighted by Crippen LogP contribution is 2.34. The summed E-state index contributed by atoms with van der Waals surface area (Å²) < 4.78 is 16.9. The highest BCUT2D eigenvalue weighted by molar-refractivity contribution is 6.33. The first kappa shape index (κ1) is 30.1. The van der Waals surface area contributed by atoms with Crippen molar-refractivity contribution in [2.24, 2.45) is 0 Å². The fourth-order valence-corrected chi connectivity index (χ4v) is 5.26. The zero-order chi connectivity index (χ0) is 29.5. The number of nitrogens with one attached hydrogen (secondary N) is 2. The number of aliphatic hydroxyl groups is 1. The Hall–Kier alpha value is -3.38. The first-order chi connectivity index (χ1) is 20.3. The summed E-state index contributed by atoms with van der Waals surface area (Å²) in [6.45, 7) is 3.39. The zero-order valence-electron chi connectivity index (χ0n) is 24.1. The topological polar surface area (TPSA) is 125 Å². The molecule has 0 radical (unpaired) electrons. The van der Waals surface area contributed by atoms with E-state index in [0.29, 0.717) is 59.5 Å². The van der Waals surface area contributed by atoms with Gasteiger partial charge >= 0.3 is 0 Å². The minimum absolute atomic E-state index is 0.127. The van der Waals surface area contributed by atoms with Crippen molar-refractivity contribution < 1.29 is 23.8 Å². The average Bonchev–Trinajstić information content (AvgIpc) is 3.47. The van der Waals surface area contributed by atoms with Crippen molar-refractivity contribution >= 4 is 23.3 Å². The Morgan fingerprint density at radius 1 is 1.29 bits per heavy atom. The molecule has 5 rings (SSSR count). The van der Waals surface area contributed by atoms with Crippen LogP contribution in [0.4, 0.5) is 5.82 Å². The molecule has 42 heavy (non-hydrogen) atoms. The number of benzene rings is 1. The van der Waals surface area contributed by atoms with Gasteiger partial charge in [-0.15, -0.1) is 0 Å². The van der Waals surface area contributed by atoms with E-state index >= 15 is 0 Å². The molecule has 0 bridgehead atoms. The summed E-state index contributed by atoms with van der Waals surface area (Å²) in [5, 5.41) is 17.6. The maximum absolute atomic E-state index is 13.1. The molecule has 1 aliphatic carbocycles. The van der Waals surface area contributed by atoms with Crippen LogP contribution in [-0.4, -0.2) is 89.8 Å². The highest BCUT2D eigenvalue weighted by atomic mass is 35.5. The lowest BCUT2D eigenvalue weighted by molar-refractivity contribution is 0.0841. The van der Waals surface area contributed by atoms with Crippen molar-refractivity contribution in [3.05, 3.63) is 64.3 Å². The zero-order valence-corrected chi connectivity index (χ0v) is 24.9. The molecule has 3 aromatic rings. The number of β-amino-alcohol motifs (C(OH)–C–C–N with tert-alkyl or cyclic N) is 1. The third-order valence-electron chi connectivity index (χ3n) is 7.51. The lowest BCUT2D eigenvalue weighted by Gasteiger charge is -2.31. The Morgan fingerprint density at radius 2 is 2.14 bits per heavy atom. The van der Waals surface area contributed by atoms with Gasteiger partial charge in [-0.1, -0.05) is 17.7 Å². The molecule has 0 saturated heterocycles. The molecule has 3 heterocycles. The van der Waals surface area contributed by atoms with Gasteiger partial charge in [-0.25, -0.2) is 4.98 Å². The summed E-state index contributed by atoms with van der Waals surface area (Å²) in [6.07, 6.45) is 6.35. The lowest BCUT2D eigenvalue weighted by Crippen LogP contribution is -2.42. The van der Waals surface area contributed by atoms with Crippen LogP contribution in [0.2, 0.25) is 5.02 Å². The van der Waals surface area contributed by atoms with Gasteiger partial charge in [0.25, 0.3) is 5.91 Å². The van der Waals surface area contributed by atoms with Crippen molar-refractivity contribution in [2.45, 2.75) is 51.0 Å². The normalized spacial score (nSPS) is 16.0. The van der Waals surface area contributed by atoms with Gasteiger partial charge in [0.1, 0.15) is 24.8 Å². The number of halogens is 1. The number of carbonyl (C=O) groups is 1. The van der Waals surface area contributed by atoms with E-state index in [0.717, 1.165) is 43.5 Å². The van der Waals surface area contributed by atoms with E-state index in [4.69, 9.17) is 25.5 Å². The molecule has 11 nitrogen and oxygen atoms in total. The van der Waals surface area contributed by atoms with Crippen LogP contribution in [-0.2, 0) is 19.6 Å². The number of hydrogen-bond donors (Lipinski definition) is 3. The molecule has 2 aliphatic rings. The molecular formula is C30H39ClN6O5. The van der Waals surface area contributed by atoms with Crippen LogP contribution in [0.25, 0.3) is 0 Å². The van der Waals surface area contributed by atoms with Gasteiger partial charge in [0.05, 0.1) is 17.3 Å². The maximum atomic E-state index is 13.1. The molecule has 12 heteroatoms. The van der Waals surface area contributed by atoms with Crippen LogP contribution in [0.15, 0.2) is 41.3 Å². The van der Waals surface area contributed by atoms with E-state index in [1.54, 1.807) is 18.3 Å². The van der Waals surface area contributed by atoms with Crippen LogP contribution >= 0.6 is 11.6 Å². The van der Waals surface area contributed by atoms with Crippen LogP contribution in [0.3, 0.4) is 0 Å². The Balaban J connectivity index is 1.13. The molecule has 1 fully saturated rings. The van der Waals surface area contributed by atoms with Crippen molar-refractivity contribution in [1.82, 2.24) is 25.1 Å². The highest BCUT2D eigenvalue weighted by Gasteiger charge is 2.23. The average molecular weight is 599 g/mol. The monoisotopic (exact) mass is 598 g/mol. The standard InChI is InChI=1S/C30H39ClN6O5/c1-36(2)10-11-40-28-13-21(12-27(35-28)34-22-4-3-5-22)30(39)33-14-23(38)17-37-9-8-25-20(16-37)6-7-26(29(25)31)41-18-24-15-32-19-42-24/h6-7,12-13,15,19,22-23,38H,3-5,8-11,14,16-18H2,1-2H3,(H,33,39)(H,34,35)/t23-/m0/s1. The van der Waals surface area contributed by atoms with E-state index in [1.807, 2.05) is 31.1 Å². The van der Waals surface area contributed by atoms with E-state index in [-0.39, 0.29) is 19.1 Å². The van der Waals surface area contributed by atoms with Gasteiger partial charge in [0.15, 0.2) is 12.2 Å². The summed E-state index contributed by atoms with van der Waals surface area (Å²) in [5.41, 5.74) is 2.60. The van der Waals surface area contributed by atoms with Crippen LogP contribution in [0.1, 0.15) is 46.5 Å². The number of aromatic nitrogens is 2. The molecule has 2 aromatic heterocycles. The number of nitrogens with zero attached hydrogens (tertiary/aromatic N) is 4. The molecule has 0 spiro atoms. The minimum Gasteiger partial charge on any atom is -0.484 e.